The van der Waals surface area contributed by atoms with Gasteiger partial charge in [0.25, 0.3) is 0 Å². The third-order valence-corrected chi connectivity index (χ3v) is 1.96. The monoisotopic (exact) mass is 159 g/mol. The maximum absolute atomic E-state index is 9.29. The van der Waals surface area contributed by atoms with Crippen LogP contribution < -0.4 is 5.73 Å². The number of hydrogen-bond acceptors (Lipinski definition) is 3. The van der Waals surface area contributed by atoms with E-state index in [1.807, 2.05) is 0 Å². The number of ether oxygens (including phenoxy) is 1. The second-order valence-corrected chi connectivity index (χ2v) is 3.64. The van der Waals surface area contributed by atoms with Gasteiger partial charge in [0, 0.05) is 13.2 Å². The molecule has 0 bridgehead atoms. The number of rotatable bonds is 2. The Bertz CT molecular complexity index is 114. The van der Waals surface area contributed by atoms with Crippen LogP contribution in [0.4, 0.5) is 0 Å². The normalized spacial score (nSPS) is 31.4. The quantitative estimate of drug-likeness (QED) is 0.576. The average molecular weight is 159 g/mol. The highest BCUT2D eigenvalue weighted by atomic mass is 16.5. The predicted octanol–water partition coefficient (Wildman–Crippen LogP) is 0.470. The van der Waals surface area contributed by atoms with Gasteiger partial charge >= 0.3 is 0 Å². The molecule has 1 rings (SSSR count). The molecule has 0 saturated carbocycles. The molecule has 11 heavy (non-hydrogen) atoms. The summed E-state index contributed by atoms with van der Waals surface area (Å²) in [6.45, 7) is 3.26. The van der Waals surface area contributed by atoms with Gasteiger partial charge < -0.3 is 15.6 Å². The van der Waals surface area contributed by atoms with Crippen LogP contribution in [0.5, 0.6) is 0 Å². The van der Waals surface area contributed by atoms with Crippen LogP contribution >= 0.6 is 0 Å². The van der Waals surface area contributed by atoms with E-state index in [-0.39, 0.29) is 0 Å². The predicted molar refractivity (Wildman–Crippen MR) is 43.0 cm³/mol. The zero-order valence-corrected chi connectivity index (χ0v) is 7.05. The van der Waals surface area contributed by atoms with Gasteiger partial charge in [-0.05, 0) is 32.1 Å². The van der Waals surface area contributed by atoms with Crippen LogP contribution in [0, 0.1) is 5.92 Å². The minimum Gasteiger partial charge on any atom is -0.381 e. The van der Waals surface area contributed by atoms with Crippen molar-refractivity contribution in [2.45, 2.75) is 31.9 Å². The van der Waals surface area contributed by atoms with Crippen LogP contribution in [-0.4, -0.2) is 24.0 Å². The standard InChI is InChI=1S/C8H17NO2/c1-8(9,10)5-7-3-2-4-11-6-7/h7,10H,2-6,9H2,1H3/t7-,8+/m1/s1. The maximum atomic E-state index is 9.29. The van der Waals surface area contributed by atoms with Gasteiger partial charge in [0.15, 0.2) is 0 Å². The van der Waals surface area contributed by atoms with Gasteiger partial charge in [0.1, 0.15) is 5.72 Å². The van der Waals surface area contributed by atoms with Crippen LogP contribution in [0.1, 0.15) is 26.2 Å². The average Bonchev–Trinajstić information content (AvgIpc) is 1.85. The summed E-state index contributed by atoms with van der Waals surface area (Å²) in [7, 11) is 0. The first-order valence-electron chi connectivity index (χ1n) is 4.17. The Morgan fingerprint density at radius 1 is 1.73 bits per heavy atom. The van der Waals surface area contributed by atoms with Crippen molar-refractivity contribution in [3.05, 3.63) is 0 Å². The minimum absolute atomic E-state index is 0.448. The first-order valence-corrected chi connectivity index (χ1v) is 4.17. The minimum atomic E-state index is -1.02. The number of nitrogens with two attached hydrogens (primary N) is 1. The van der Waals surface area contributed by atoms with Gasteiger partial charge in [-0.15, -0.1) is 0 Å². The fourth-order valence-corrected chi connectivity index (χ4v) is 1.55. The lowest BCUT2D eigenvalue weighted by molar-refractivity contribution is -0.00784. The van der Waals surface area contributed by atoms with Crippen molar-refractivity contribution >= 4 is 0 Å². The van der Waals surface area contributed by atoms with Crippen LogP contribution in [0.2, 0.25) is 0 Å². The van der Waals surface area contributed by atoms with Gasteiger partial charge in [-0.25, -0.2) is 0 Å². The fraction of sp³-hybridized carbons (Fsp3) is 1.00. The summed E-state index contributed by atoms with van der Waals surface area (Å²) in [5.41, 5.74) is 4.44. The molecule has 0 amide bonds. The molecule has 1 fully saturated rings. The van der Waals surface area contributed by atoms with Crippen LogP contribution in [0.15, 0.2) is 0 Å². The third kappa shape index (κ3) is 3.70. The lowest BCUT2D eigenvalue weighted by Gasteiger charge is -2.27. The maximum Gasteiger partial charge on any atom is 0.111 e. The topological polar surface area (TPSA) is 55.5 Å². The van der Waals surface area contributed by atoms with Crippen molar-refractivity contribution in [2.24, 2.45) is 11.7 Å². The third-order valence-electron chi connectivity index (χ3n) is 1.96. The summed E-state index contributed by atoms with van der Waals surface area (Å²) in [6.07, 6.45) is 2.88. The Labute approximate surface area is 67.5 Å². The summed E-state index contributed by atoms with van der Waals surface area (Å²) >= 11 is 0. The van der Waals surface area contributed by atoms with E-state index in [0.29, 0.717) is 12.3 Å². The zero-order valence-electron chi connectivity index (χ0n) is 7.05. The Balaban J connectivity index is 2.24. The molecule has 1 aliphatic rings. The van der Waals surface area contributed by atoms with Crippen molar-refractivity contribution < 1.29 is 9.84 Å². The molecule has 0 aromatic rings. The van der Waals surface area contributed by atoms with Gasteiger partial charge in [0.05, 0.1) is 0 Å². The molecule has 1 heterocycles. The summed E-state index contributed by atoms with van der Waals surface area (Å²) in [4.78, 5) is 0. The highest BCUT2D eigenvalue weighted by Gasteiger charge is 2.22. The van der Waals surface area contributed by atoms with E-state index in [2.05, 4.69) is 0 Å². The Morgan fingerprint density at radius 2 is 2.45 bits per heavy atom. The van der Waals surface area contributed by atoms with E-state index in [9.17, 15) is 5.11 Å². The van der Waals surface area contributed by atoms with Gasteiger partial charge in [0.2, 0.25) is 0 Å². The molecule has 0 aromatic heterocycles. The molecule has 0 aliphatic carbocycles. The molecule has 66 valence electrons. The molecule has 1 saturated heterocycles. The van der Waals surface area contributed by atoms with Crippen molar-refractivity contribution in [2.75, 3.05) is 13.2 Å². The number of hydrogen-bond donors (Lipinski definition) is 2. The largest absolute Gasteiger partial charge is 0.381 e. The SMILES string of the molecule is C[C@](N)(O)C[C@H]1CCCOC1. The molecule has 0 radical (unpaired) electrons. The van der Waals surface area contributed by atoms with Crippen molar-refractivity contribution in [3.8, 4) is 0 Å². The first kappa shape index (κ1) is 8.97. The molecule has 3 heteroatoms. The smallest absolute Gasteiger partial charge is 0.111 e. The lowest BCUT2D eigenvalue weighted by Crippen LogP contribution is -2.39. The summed E-state index contributed by atoms with van der Waals surface area (Å²) in [5.74, 6) is 0.448. The molecule has 0 unspecified atom stereocenters. The molecule has 1 aliphatic heterocycles. The molecule has 3 N–H and O–H groups in total. The highest BCUT2D eigenvalue weighted by molar-refractivity contribution is 4.72. The molecule has 2 atom stereocenters. The second kappa shape index (κ2) is 3.52. The van der Waals surface area contributed by atoms with Gasteiger partial charge in [-0.1, -0.05) is 0 Å². The van der Waals surface area contributed by atoms with E-state index in [1.54, 1.807) is 6.92 Å². The van der Waals surface area contributed by atoms with E-state index in [0.717, 1.165) is 26.1 Å². The van der Waals surface area contributed by atoms with Crippen molar-refractivity contribution in [1.82, 2.24) is 0 Å². The Hall–Kier alpha value is -0.120. The van der Waals surface area contributed by atoms with Crippen molar-refractivity contribution in [1.29, 1.82) is 0 Å². The van der Waals surface area contributed by atoms with E-state index >= 15 is 0 Å². The second-order valence-electron chi connectivity index (χ2n) is 3.64. The molecule has 0 aromatic carbocycles. The van der Waals surface area contributed by atoms with Crippen LogP contribution in [0.25, 0.3) is 0 Å². The van der Waals surface area contributed by atoms with Crippen LogP contribution in [0.3, 0.4) is 0 Å². The molecular formula is C8H17NO2. The summed E-state index contributed by atoms with van der Waals surface area (Å²) < 4.78 is 5.26. The zero-order chi connectivity index (χ0) is 8.32. The summed E-state index contributed by atoms with van der Waals surface area (Å²) in [6, 6.07) is 0. The molecule has 0 spiro atoms. The number of aliphatic hydroxyl groups is 1. The summed E-state index contributed by atoms with van der Waals surface area (Å²) in [5, 5.41) is 9.29. The van der Waals surface area contributed by atoms with Crippen LogP contribution in [-0.2, 0) is 4.74 Å². The molecule has 3 nitrogen and oxygen atoms in total. The van der Waals surface area contributed by atoms with Crippen molar-refractivity contribution in [3.63, 3.8) is 0 Å². The highest BCUT2D eigenvalue weighted by Crippen LogP contribution is 2.20. The Morgan fingerprint density at radius 3 is 2.91 bits per heavy atom. The van der Waals surface area contributed by atoms with E-state index in [1.165, 1.54) is 0 Å². The lowest BCUT2D eigenvalue weighted by atomic mass is 9.93. The van der Waals surface area contributed by atoms with E-state index in [4.69, 9.17) is 10.5 Å². The first-order chi connectivity index (χ1) is 5.08. The fourth-order valence-electron chi connectivity index (χ4n) is 1.55. The molecular weight excluding hydrogens is 142 g/mol. The Kier molecular flexibility index (Phi) is 2.87. The van der Waals surface area contributed by atoms with E-state index < -0.39 is 5.72 Å². The van der Waals surface area contributed by atoms with Gasteiger partial charge in [-0.2, -0.15) is 0 Å². The van der Waals surface area contributed by atoms with Gasteiger partial charge in [-0.3, -0.25) is 0 Å².